The molecule has 2 N–H and O–H groups in total. The van der Waals surface area contributed by atoms with Crippen LogP contribution in [0.25, 0.3) is 22.1 Å². The fraction of sp³-hybridized carbons (Fsp3) is 0.111. The lowest BCUT2D eigenvalue weighted by Gasteiger charge is -2.06. The molecule has 4 rings (SSSR count). The van der Waals surface area contributed by atoms with Crippen molar-refractivity contribution in [1.29, 1.82) is 0 Å². The molecule has 0 fully saturated rings. The van der Waals surface area contributed by atoms with Crippen molar-refractivity contribution >= 4 is 22.1 Å². The summed E-state index contributed by atoms with van der Waals surface area (Å²) in [6.07, 6.45) is -6.84. The zero-order valence-electron chi connectivity index (χ0n) is 14.6. The summed E-state index contributed by atoms with van der Waals surface area (Å²) >= 11 is 0. The van der Waals surface area contributed by atoms with Gasteiger partial charge in [0, 0.05) is 0 Å². The van der Waals surface area contributed by atoms with E-state index in [4.69, 9.17) is 0 Å². The number of alkyl halides is 6. The number of rotatable bonds is 0. The van der Waals surface area contributed by atoms with Crippen LogP contribution in [-0.4, -0.2) is 19.9 Å². The topological polar surface area (TPSA) is 91.5 Å². The number of aromatic amines is 2. The molecule has 0 bridgehead atoms. The lowest BCUT2D eigenvalue weighted by Crippen LogP contribution is -2.08. The second-order valence-corrected chi connectivity index (χ2v) is 5.95. The summed E-state index contributed by atoms with van der Waals surface area (Å²) in [5.41, 5.74) is -1.75. The molecule has 0 aliphatic carbocycles. The summed E-state index contributed by atoms with van der Waals surface area (Å²) in [6.45, 7) is 0. The number of fused-ring (bicyclic) bond motifs is 2. The summed E-state index contributed by atoms with van der Waals surface area (Å²) in [4.78, 5) is 33.6. The van der Waals surface area contributed by atoms with Crippen molar-refractivity contribution in [3.05, 3.63) is 80.6 Å². The van der Waals surface area contributed by atoms with Gasteiger partial charge in [0.1, 0.15) is 0 Å². The number of nitrogens with one attached hydrogen (secondary N) is 2. The van der Waals surface area contributed by atoms with E-state index < -0.39 is 34.6 Å². The molecule has 0 unspecified atom stereocenters. The smallest absolute Gasteiger partial charge is 0.319 e. The van der Waals surface area contributed by atoms with Crippen LogP contribution in [0.5, 0.6) is 0 Å². The number of aromatic nitrogens is 4. The third-order valence-corrected chi connectivity index (χ3v) is 3.81. The zero-order chi connectivity index (χ0) is 22.1. The number of nitrogens with zero attached hydrogens (tertiary/aromatic N) is 2. The van der Waals surface area contributed by atoms with Gasteiger partial charge in [0.25, 0.3) is 11.1 Å². The van der Waals surface area contributed by atoms with Crippen molar-refractivity contribution in [2.24, 2.45) is 0 Å². The van der Waals surface area contributed by atoms with E-state index in [-0.39, 0.29) is 16.6 Å². The Hall–Kier alpha value is -3.70. The molecule has 0 aliphatic heterocycles. The highest BCUT2D eigenvalue weighted by Gasteiger charge is 2.31. The van der Waals surface area contributed by atoms with Gasteiger partial charge in [0.2, 0.25) is 0 Å². The minimum absolute atomic E-state index is 0.0809. The van der Waals surface area contributed by atoms with Gasteiger partial charge in [-0.3, -0.25) is 9.59 Å². The van der Waals surface area contributed by atoms with E-state index in [2.05, 4.69) is 19.9 Å². The van der Waals surface area contributed by atoms with Gasteiger partial charge in [0.05, 0.1) is 45.6 Å². The predicted octanol–water partition coefficient (Wildman–Crippen LogP) is 3.88. The van der Waals surface area contributed by atoms with Crippen LogP contribution in [-0.2, 0) is 12.4 Å². The molecule has 0 aliphatic rings. The second kappa shape index (κ2) is 7.61. The van der Waals surface area contributed by atoms with Gasteiger partial charge in [-0.15, -0.1) is 0 Å². The van der Waals surface area contributed by atoms with Crippen molar-refractivity contribution in [1.82, 2.24) is 19.9 Å². The molecular weight excluding hydrogens is 418 g/mol. The molecule has 0 amide bonds. The van der Waals surface area contributed by atoms with E-state index in [0.717, 1.165) is 36.7 Å². The van der Waals surface area contributed by atoms with Gasteiger partial charge in [-0.05, 0) is 36.4 Å². The van der Waals surface area contributed by atoms with Crippen molar-refractivity contribution in [2.75, 3.05) is 0 Å². The third-order valence-electron chi connectivity index (χ3n) is 3.81. The van der Waals surface area contributed by atoms with Crippen LogP contribution in [0.4, 0.5) is 26.3 Å². The molecule has 4 aromatic rings. The van der Waals surface area contributed by atoms with Gasteiger partial charge in [-0.25, -0.2) is 9.97 Å². The van der Waals surface area contributed by atoms with E-state index in [0.29, 0.717) is 5.52 Å². The Balaban J connectivity index is 0.000000171. The monoisotopic (exact) mass is 428 g/mol. The summed E-state index contributed by atoms with van der Waals surface area (Å²) in [5.74, 6) is 0. The molecule has 2 heterocycles. The molecule has 0 radical (unpaired) electrons. The van der Waals surface area contributed by atoms with Gasteiger partial charge in [-0.1, -0.05) is 0 Å². The number of hydrogen-bond donors (Lipinski definition) is 2. The molecule has 0 spiro atoms. The summed E-state index contributed by atoms with van der Waals surface area (Å²) in [7, 11) is 0. The van der Waals surface area contributed by atoms with Crippen LogP contribution in [0.15, 0.2) is 58.4 Å². The number of H-pyrrole nitrogens is 2. The van der Waals surface area contributed by atoms with Crippen molar-refractivity contribution in [2.45, 2.75) is 12.4 Å². The average Bonchev–Trinajstić information content (AvgIpc) is 2.66. The van der Waals surface area contributed by atoms with Crippen LogP contribution in [0.1, 0.15) is 11.1 Å². The fourth-order valence-corrected chi connectivity index (χ4v) is 2.43. The summed E-state index contributed by atoms with van der Waals surface area (Å²) < 4.78 is 73.8. The summed E-state index contributed by atoms with van der Waals surface area (Å²) in [5, 5.41) is 0. The molecule has 2 aromatic carbocycles. The van der Waals surface area contributed by atoms with E-state index in [9.17, 15) is 35.9 Å². The first-order valence-corrected chi connectivity index (χ1v) is 8.06. The first-order valence-electron chi connectivity index (χ1n) is 8.06. The fourth-order valence-electron chi connectivity index (χ4n) is 2.43. The molecule has 156 valence electrons. The Bertz CT molecular complexity index is 1320. The highest BCUT2D eigenvalue weighted by molar-refractivity contribution is 5.75. The number of halogens is 6. The van der Waals surface area contributed by atoms with Gasteiger partial charge >= 0.3 is 12.4 Å². The molecule has 0 saturated heterocycles. The molecule has 12 heteroatoms. The summed E-state index contributed by atoms with van der Waals surface area (Å²) in [6, 6.07) is 5.99. The zero-order valence-corrected chi connectivity index (χ0v) is 14.6. The van der Waals surface area contributed by atoms with Crippen molar-refractivity contribution in [3.63, 3.8) is 0 Å². The van der Waals surface area contributed by atoms with E-state index >= 15 is 0 Å². The maximum Gasteiger partial charge on any atom is 0.416 e. The third kappa shape index (κ3) is 4.82. The van der Waals surface area contributed by atoms with Crippen LogP contribution in [0.2, 0.25) is 0 Å². The maximum atomic E-state index is 12.3. The molecule has 30 heavy (non-hydrogen) atoms. The lowest BCUT2D eigenvalue weighted by atomic mass is 10.2. The van der Waals surface area contributed by atoms with Crippen LogP contribution >= 0.6 is 0 Å². The Labute approximate surface area is 162 Å². The second-order valence-electron chi connectivity index (χ2n) is 5.95. The highest BCUT2D eigenvalue weighted by Crippen LogP contribution is 2.31. The van der Waals surface area contributed by atoms with Crippen LogP contribution in [0, 0.1) is 0 Å². The Morgan fingerprint density at radius 1 is 0.633 bits per heavy atom. The number of benzene rings is 2. The molecule has 0 saturated carbocycles. The highest BCUT2D eigenvalue weighted by atomic mass is 19.4. The first kappa shape index (κ1) is 21.0. The van der Waals surface area contributed by atoms with Crippen LogP contribution < -0.4 is 11.1 Å². The Morgan fingerprint density at radius 2 is 1.13 bits per heavy atom. The molecular formula is C18H10F6N4O2. The van der Waals surface area contributed by atoms with Gasteiger partial charge < -0.3 is 9.97 Å². The lowest BCUT2D eigenvalue weighted by molar-refractivity contribution is -0.138. The molecule has 2 aromatic heterocycles. The van der Waals surface area contributed by atoms with Crippen molar-refractivity contribution in [3.8, 4) is 0 Å². The van der Waals surface area contributed by atoms with Crippen molar-refractivity contribution < 1.29 is 26.3 Å². The van der Waals surface area contributed by atoms with E-state index in [1.165, 1.54) is 12.1 Å². The maximum absolute atomic E-state index is 12.3. The van der Waals surface area contributed by atoms with E-state index in [1.807, 2.05) is 0 Å². The van der Waals surface area contributed by atoms with E-state index in [1.54, 1.807) is 0 Å². The Kier molecular flexibility index (Phi) is 5.33. The quantitative estimate of drug-likeness (QED) is 0.416. The van der Waals surface area contributed by atoms with Gasteiger partial charge in [0.15, 0.2) is 0 Å². The minimum Gasteiger partial charge on any atom is -0.319 e. The SMILES string of the molecule is O=c1cnc2cc(C(F)(F)F)ccc2[nH]1.O=c1cnc2ccc(C(F)(F)F)cc2[nH]1. The Morgan fingerprint density at radius 3 is 1.73 bits per heavy atom. The average molecular weight is 428 g/mol. The normalized spacial score (nSPS) is 11.9. The first-order chi connectivity index (χ1) is 13.9. The predicted molar refractivity (Wildman–Crippen MR) is 94.7 cm³/mol. The molecule has 6 nitrogen and oxygen atoms in total. The van der Waals surface area contributed by atoms with Crippen LogP contribution in [0.3, 0.4) is 0 Å². The largest absolute Gasteiger partial charge is 0.416 e. The van der Waals surface area contributed by atoms with Gasteiger partial charge in [-0.2, -0.15) is 26.3 Å². The molecule has 0 atom stereocenters. The minimum atomic E-state index is -4.42. The standard InChI is InChI=1S/2C9H5F3N2O/c10-9(11,12)5-1-2-6-7(3-5)13-4-8(15)14-6;10-9(11,12)5-1-2-6-7(3-5)14-8(15)4-13-6/h2*1-4H,(H,14,15). The number of hydrogen-bond acceptors (Lipinski definition) is 4.